The first-order valence-corrected chi connectivity index (χ1v) is 12.3. The maximum atomic E-state index is 11.0. The number of unbranched alkanes of at least 4 members (excludes halogenated alkanes) is 2. The molecule has 0 saturated carbocycles. The van der Waals surface area contributed by atoms with Crippen LogP contribution < -0.4 is 25.1 Å². The number of fused-ring (bicyclic) bond motifs is 1. The van der Waals surface area contributed by atoms with Crippen LogP contribution in [0.5, 0.6) is 11.5 Å². The summed E-state index contributed by atoms with van der Waals surface area (Å²) in [6, 6.07) is 11.6. The van der Waals surface area contributed by atoms with E-state index in [1.165, 1.54) is 12.1 Å². The Hall–Kier alpha value is -4.48. The summed E-state index contributed by atoms with van der Waals surface area (Å²) < 4.78 is 10.8. The van der Waals surface area contributed by atoms with Gasteiger partial charge in [-0.15, -0.1) is 0 Å². The van der Waals surface area contributed by atoms with Gasteiger partial charge >= 0.3 is 0 Å². The lowest BCUT2D eigenvalue weighted by Crippen LogP contribution is -2.28. The highest BCUT2D eigenvalue weighted by Crippen LogP contribution is 2.32. The van der Waals surface area contributed by atoms with E-state index >= 15 is 0 Å². The number of aromatic nitrogens is 3. The molecule has 2 aromatic carbocycles. The van der Waals surface area contributed by atoms with Crippen LogP contribution >= 0.6 is 0 Å². The van der Waals surface area contributed by atoms with Crippen molar-refractivity contribution in [3.63, 3.8) is 0 Å². The van der Waals surface area contributed by atoms with Crippen molar-refractivity contribution in [1.82, 2.24) is 15.0 Å². The molecule has 0 amide bonds. The van der Waals surface area contributed by atoms with Crippen LogP contribution in [0.2, 0.25) is 0 Å². The minimum atomic E-state index is -0.440. The first kappa shape index (κ1) is 25.6. The number of hydrogen-bond acceptors (Lipinski definition) is 11. The van der Waals surface area contributed by atoms with Crippen molar-refractivity contribution in [2.75, 3.05) is 35.5 Å². The second kappa shape index (κ2) is 12.5. The van der Waals surface area contributed by atoms with Gasteiger partial charge in [0.05, 0.1) is 11.1 Å². The number of hydrazone groups is 1. The van der Waals surface area contributed by atoms with Gasteiger partial charge in [0.1, 0.15) is 0 Å². The molecular weight excluding hydrogens is 476 g/mol. The number of benzene rings is 2. The van der Waals surface area contributed by atoms with Crippen LogP contribution in [0.25, 0.3) is 0 Å². The van der Waals surface area contributed by atoms with Gasteiger partial charge in [-0.3, -0.25) is 10.1 Å². The molecule has 1 aliphatic rings. The molecule has 0 unspecified atom stereocenters. The topological polar surface area (TPSA) is 140 Å². The highest BCUT2D eigenvalue weighted by atomic mass is 16.7. The van der Waals surface area contributed by atoms with E-state index in [4.69, 9.17) is 9.47 Å². The van der Waals surface area contributed by atoms with Crippen LogP contribution in [0.1, 0.15) is 45.1 Å². The lowest BCUT2D eigenvalue weighted by molar-refractivity contribution is -0.384. The summed E-state index contributed by atoms with van der Waals surface area (Å²) in [5.74, 6) is 2.47. The van der Waals surface area contributed by atoms with Gasteiger partial charge in [0, 0.05) is 30.9 Å². The molecule has 12 nitrogen and oxygen atoms in total. The molecule has 3 aromatic rings. The fourth-order valence-electron chi connectivity index (χ4n) is 3.58. The molecule has 2 N–H and O–H groups in total. The van der Waals surface area contributed by atoms with Crippen molar-refractivity contribution < 1.29 is 14.4 Å². The first-order chi connectivity index (χ1) is 18.1. The Bertz CT molecular complexity index is 1230. The highest BCUT2D eigenvalue weighted by molar-refractivity contribution is 5.81. The molecule has 37 heavy (non-hydrogen) atoms. The summed E-state index contributed by atoms with van der Waals surface area (Å²) in [4.78, 5) is 26.4. The van der Waals surface area contributed by atoms with E-state index in [0.717, 1.165) is 44.3 Å². The van der Waals surface area contributed by atoms with E-state index < -0.39 is 4.92 Å². The van der Waals surface area contributed by atoms with E-state index in [-0.39, 0.29) is 18.4 Å². The Balaban J connectivity index is 1.57. The van der Waals surface area contributed by atoms with E-state index in [1.807, 2.05) is 18.2 Å². The number of hydrogen-bond donors (Lipinski definition) is 2. The van der Waals surface area contributed by atoms with E-state index in [9.17, 15) is 10.1 Å². The third-order valence-corrected chi connectivity index (χ3v) is 5.58. The molecule has 0 saturated heterocycles. The molecule has 0 atom stereocenters. The van der Waals surface area contributed by atoms with Gasteiger partial charge in [0.15, 0.2) is 11.5 Å². The van der Waals surface area contributed by atoms with Crippen molar-refractivity contribution in [3.8, 4) is 11.5 Å². The maximum absolute atomic E-state index is 11.0. The summed E-state index contributed by atoms with van der Waals surface area (Å²) >= 11 is 0. The molecule has 12 heteroatoms. The fourth-order valence-corrected chi connectivity index (χ4v) is 3.58. The number of nitrogens with one attached hydrogen (secondary N) is 2. The lowest BCUT2D eigenvalue weighted by atomic mass is 10.2. The summed E-state index contributed by atoms with van der Waals surface area (Å²) in [5, 5.41) is 18.4. The minimum Gasteiger partial charge on any atom is -0.454 e. The number of non-ortho nitro benzene ring substituents is 1. The van der Waals surface area contributed by atoms with E-state index in [1.54, 1.807) is 18.3 Å². The third kappa shape index (κ3) is 7.03. The Labute approximate surface area is 214 Å². The Morgan fingerprint density at radius 2 is 1.70 bits per heavy atom. The number of rotatable bonds is 13. The average molecular weight is 507 g/mol. The molecule has 1 aliphatic heterocycles. The van der Waals surface area contributed by atoms with Crippen molar-refractivity contribution in [2.45, 2.75) is 39.5 Å². The Morgan fingerprint density at radius 3 is 2.41 bits per heavy atom. The number of anilines is 4. The quantitative estimate of drug-likeness (QED) is 0.183. The predicted octanol–water partition coefficient (Wildman–Crippen LogP) is 5.10. The van der Waals surface area contributed by atoms with Crippen LogP contribution in [-0.4, -0.2) is 46.0 Å². The van der Waals surface area contributed by atoms with Gasteiger partial charge < -0.3 is 19.7 Å². The standard InChI is InChI=1S/C25H30N8O4/c1-3-5-13-32(14-6-4-2)25-29-23(27-19-8-10-20(11-9-19)33(34)35)28-24(30-25)31-26-16-18-7-12-21-22(15-18)37-17-36-21/h7-12,15-16H,3-6,13-14,17H2,1-2H3,(H2,27,28,29,30,31). The highest BCUT2D eigenvalue weighted by Gasteiger charge is 2.15. The van der Waals surface area contributed by atoms with E-state index in [0.29, 0.717) is 29.1 Å². The van der Waals surface area contributed by atoms with Crippen molar-refractivity contribution >= 4 is 35.4 Å². The first-order valence-electron chi connectivity index (χ1n) is 12.3. The van der Waals surface area contributed by atoms with Crippen LogP contribution in [0.15, 0.2) is 47.6 Å². The molecule has 0 spiro atoms. The summed E-state index contributed by atoms with van der Waals surface area (Å²) in [6.45, 7) is 6.13. The minimum absolute atomic E-state index is 0.00685. The van der Waals surface area contributed by atoms with Crippen LogP contribution in [0, 0.1) is 10.1 Å². The van der Waals surface area contributed by atoms with Crippen LogP contribution in [-0.2, 0) is 0 Å². The van der Waals surface area contributed by atoms with Crippen LogP contribution in [0.4, 0.5) is 29.2 Å². The molecule has 1 aromatic heterocycles. The largest absolute Gasteiger partial charge is 0.454 e. The summed E-state index contributed by atoms with van der Waals surface area (Å²) in [6.07, 6.45) is 5.75. The van der Waals surface area contributed by atoms with Gasteiger partial charge in [-0.05, 0) is 48.7 Å². The molecular formula is C25H30N8O4. The fraction of sp³-hybridized carbons (Fsp3) is 0.360. The predicted molar refractivity (Wildman–Crippen MR) is 142 cm³/mol. The molecule has 194 valence electrons. The maximum Gasteiger partial charge on any atom is 0.269 e. The van der Waals surface area contributed by atoms with Crippen molar-refractivity contribution in [1.29, 1.82) is 0 Å². The second-order valence-electron chi connectivity index (χ2n) is 8.39. The van der Waals surface area contributed by atoms with E-state index in [2.05, 4.69) is 49.5 Å². The smallest absolute Gasteiger partial charge is 0.269 e. The molecule has 4 rings (SSSR count). The number of ether oxygens (including phenoxy) is 2. The molecule has 0 radical (unpaired) electrons. The molecule has 0 bridgehead atoms. The summed E-state index contributed by atoms with van der Waals surface area (Å²) in [5.41, 5.74) is 4.34. The molecule has 2 heterocycles. The number of nitro groups is 1. The number of nitrogens with zero attached hydrogens (tertiary/aromatic N) is 6. The summed E-state index contributed by atoms with van der Waals surface area (Å²) in [7, 11) is 0. The number of nitro benzene ring substituents is 1. The monoisotopic (exact) mass is 506 g/mol. The Kier molecular flexibility index (Phi) is 8.63. The van der Waals surface area contributed by atoms with Crippen molar-refractivity contribution in [2.24, 2.45) is 5.10 Å². The van der Waals surface area contributed by atoms with Gasteiger partial charge in [-0.25, -0.2) is 5.43 Å². The third-order valence-electron chi connectivity index (χ3n) is 5.58. The average Bonchev–Trinajstić information content (AvgIpc) is 3.37. The zero-order valence-electron chi connectivity index (χ0n) is 20.9. The van der Waals surface area contributed by atoms with Gasteiger partial charge in [-0.2, -0.15) is 20.1 Å². The zero-order valence-corrected chi connectivity index (χ0v) is 20.9. The van der Waals surface area contributed by atoms with Gasteiger partial charge in [-0.1, -0.05) is 26.7 Å². The zero-order chi connectivity index (χ0) is 26.0. The van der Waals surface area contributed by atoms with Crippen LogP contribution in [0.3, 0.4) is 0 Å². The lowest BCUT2D eigenvalue weighted by Gasteiger charge is -2.23. The second-order valence-corrected chi connectivity index (χ2v) is 8.39. The molecule has 0 aliphatic carbocycles. The normalized spacial score (nSPS) is 12.1. The Morgan fingerprint density at radius 1 is 1.00 bits per heavy atom. The van der Waals surface area contributed by atoms with Gasteiger partial charge in [0.25, 0.3) is 5.69 Å². The SMILES string of the molecule is CCCCN(CCCC)c1nc(NN=Cc2ccc3c(c2)OCO3)nc(Nc2ccc([N+](=O)[O-])cc2)n1. The van der Waals surface area contributed by atoms with Crippen molar-refractivity contribution in [3.05, 3.63) is 58.1 Å². The van der Waals surface area contributed by atoms with Gasteiger partial charge in [0.2, 0.25) is 24.6 Å². The molecule has 0 fully saturated rings.